The number of nitrogens with one attached hydrogen (secondary N) is 1. The van der Waals surface area contributed by atoms with E-state index in [1.54, 1.807) is 0 Å². The number of thiocarbonyl (C=S) groups is 1. The minimum absolute atomic E-state index is 0.478. The largest absolute Gasteiger partial charge is 0.361 e. The van der Waals surface area contributed by atoms with Crippen LogP contribution in [0, 0.1) is 18.3 Å². The average molecular weight is 249 g/mol. The first-order valence-electron chi connectivity index (χ1n) is 6.35. The fraction of sp³-hybridized carbons (Fsp3) is 0.692. The van der Waals surface area contributed by atoms with Crippen LogP contribution in [0.15, 0.2) is 0 Å². The molecule has 0 aromatic carbocycles. The van der Waals surface area contributed by atoms with Crippen LogP contribution in [0.4, 0.5) is 0 Å². The zero-order valence-corrected chi connectivity index (χ0v) is 11.7. The van der Waals surface area contributed by atoms with Crippen molar-refractivity contribution in [2.45, 2.75) is 40.0 Å². The van der Waals surface area contributed by atoms with Crippen molar-refractivity contribution in [3.05, 3.63) is 17.0 Å². The summed E-state index contributed by atoms with van der Waals surface area (Å²) < 4.78 is 1.95. The molecule has 1 heterocycles. The first kappa shape index (κ1) is 11.2. The number of aryl methyl sites for hydroxylation is 1. The molecule has 2 aliphatic rings. The van der Waals surface area contributed by atoms with Gasteiger partial charge in [0, 0.05) is 12.1 Å². The van der Waals surface area contributed by atoms with Gasteiger partial charge in [-0.05, 0) is 49.7 Å². The maximum atomic E-state index is 5.37. The van der Waals surface area contributed by atoms with Crippen LogP contribution in [0.1, 0.15) is 43.6 Å². The molecule has 17 heavy (non-hydrogen) atoms. The molecule has 3 rings (SSSR count). The molecule has 2 unspecified atom stereocenters. The average Bonchev–Trinajstić information content (AvgIpc) is 2.66. The number of hydrogen-bond acceptors (Lipinski definition) is 2. The molecule has 0 saturated heterocycles. The smallest absolute Gasteiger partial charge is 0.194 e. The van der Waals surface area contributed by atoms with Crippen molar-refractivity contribution in [3.63, 3.8) is 0 Å². The number of rotatable bonds is 1. The second-order valence-electron chi connectivity index (χ2n) is 5.80. The van der Waals surface area contributed by atoms with E-state index in [0.717, 1.165) is 29.9 Å². The highest BCUT2D eigenvalue weighted by molar-refractivity contribution is 7.80. The number of nitrogens with zero attached hydrogens (tertiary/aromatic N) is 2. The lowest BCUT2D eigenvalue weighted by molar-refractivity contribution is 0.534. The Bertz CT molecular complexity index is 501. The lowest BCUT2D eigenvalue weighted by Crippen LogP contribution is -2.30. The Morgan fingerprint density at radius 1 is 1.59 bits per heavy atom. The minimum Gasteiger partial charge on any atom is -0.361 e. The Kier molecular flexibility index (Phi) is 2.18. The van der Waals surface area contributed by atoms with Crippen LogP contribution < -0.4 is 5.32 Å². The summed E-state index contributed by atoms with van der Waals surface area (Å²) in [5, 5.41) is 8.54. The van der Waals surface area contributed by atoms with Crippen LogP contribution in [-0.2, 0) is 6.42 Å². The molecular weight excluding hydrogens is 230 g/mol. The van der Waals surface area contributed by atoms with Gasteiger partial charge in [-0.25, -0.2) is 4.68 Å². The third-order valence-corrected chi connectivity index (χ3v) is 4.82. The Balaban J connectivity index is 2.00. The Hall–Kier alpha value is -0.900. The van der Waals surface area contributed by atoms with Crippen LogP contribution >= 0.6 is 12.2 Å². The first-order chi connectivity index (χ1) is 7.98. The maximum Gasteiger partial charge on any atom is 0.194 e. The van der Waals surface area contributed by atoms with Crippen molar-refractivity contribution < 1.29 is 0 Å². The quantitative estimate of drug-likeness (QED) is 0.774. The molecule has 3 nitrogen and oxygen atoms in total. The van der Waals surface area contributed by atoms with Gasteiger partial charge >= 0.3 is 0 Å². The molecule has 1 fully saturated rings. The first-order valence-corrected chi connectivity index (χ1v) is 6.76. The van der Waals surface area contributed by atoms with Gasteiger partial charge in [-0.3, -0.25) is 0 Å². The van der Waals surface area contributed by atoms with E-state index < -0.39 is 0 Å². The summed E-state index contributed by atoms with van der Waals surface area (Å²) in [4.78, 5) is 0. The van der Waals surface area contributed by atoms with Gasteiger partial charge < -0.3 is 5.32 Å². The van der Waals surface area contributed by atoms with Crippen molar-refractivity contribution >= 4 is 17.3 Å². The molecule has 4 heteroatoms. The normalized spacial score (nSPS) is 27.5. The number of aromatic nitrogens is 2. The minimum atomic E-state index is 0.478. The van der Waals surface area contributed by atoms with Gasteiger partial charge in [-0.15, -0.1) is 0 Å². The molecule has 2 aliphatic carbocycles. The summed E-state index contributed by atoms with van der Waals surface area (Å²) in [6.07, 6.45) is 1.14. The van der Waals surface area contributed by atoms with Crippen LogP contribution in [0.2, 0.25) is 0 Å². The summed E-state index contributed by atoms with van der Waals surface area (Å²) in [5.41, 5.74) is 4.46. The van der Waals surface area contributed by atoms with E-state index in [2.05, 4.69) is 38.1 Å². The highest BCUT2D eigenvalue weighted by Gasteiger charge is 2.63. The molecule has 0 radical (unpaired) electrons. The van der Waals surface area contributed by atoms with Crippen LogP contribution in [0.5, 0.6) is 0 Å². The second kappa shape index (κ2) is 3.31. The molecule has 0 bridgehead atoms. The molecule has 2 atom stereocenters. The summed E-state index contributed by atoms with van der Waals surface area (Å²) >= 11 is 5.37. The van der Waals surface area contributed by atoms with Gasteiger partial charge in [0.2, 0.25) is 0 Å². The lowest BCUT2D eigenvalue weighted by Gasteiger charge is -2.11. The zero-order valence-electron chi connectivity index (χ0n) is 10.9. The zero-order chi connectivity index (χ0) is 12.4. The Morgan fingerprint density at radius 3 is 2.94 bits per heavy atom. The van der Waals surface area contributed by atoms with Gasteiger partial charge in [-0.2, -0.15) is 5.10 Å². The molecule has 1 aromatic heterocycles. The van der Waals surface area contributed by atoms with E-state index in [4.69, 9.17) is 12.2 Å². The molecule has 0 amide bonds. The number of fused-ring (bicyclic) bond motifs is 3. The van der Waals surface area contributed by atoms with Crippen molar-refractivity contribution in [3.8, 4) is 0 Å². The summed E-state index contributed by atoms with van der Waals surface area (Å²) in [6.45, 7) is 9.75. The third-order valence-electron chi connectivity index (χ3n) is 4.50. The van der Waals surface area contributed by atoms with E-state index in [0.29, 0.717) is 5.41 Å². The maximum absolute atomic E-state index is 5.37. The van der Waals surface area contributed by atoms with Gasteiger partial charge in [0.1, 0.15) is 0 Å². The van der Waals surface area contributed by atoms with Crippen LogP contribution in [-0.4, -0.2) is 21.4 Å². The molecule has 1 N–H and O–H groups in total. The molecule has 92 valence electrons. The highest BCUT2D eigenvalue weighted by Crippen LogP contribution is 2.70. The summed E-state index contributed by atoms with van der Waals surface area (Å²) in [6, 6.07) is 0. The van der Waals surface area contributed by atoms with E-state index in [-0.39, 0.29) is 0 Å². The van der Waals surface area contributed by atoms with E-state index in [9.17, 15) is 0 Å². The van der Waals surface area contributed by atoms with Crippen molar-refractivity contribution in [2.24, 2.45) is 11.3 Å². The molecule has 0 aliphatic heterocycles. The lowest BCUT2D eigenvalue weighted by atomic mass is 9.98. The summed E-state index contributed by atoms with van der Waals surface area (Å²) in [5.74, 6) is 1.53. The van der Waals surface area contributed by atoms with E-state index >= 15 is 0 Å². The third kappa shape index (κ3) is 1.33. The SMILES string of the molecule is CCNC(=S)n1nc(C)c2c1CC1C2C1(C)C. The predicted octanol–water partition coefficient (Wildman–Crippen LogP) is 2.23. The van der Waals surface area contributed by atoms with Crippen molar-refractivity contribution in [2.75, 3.05) is 6.54 Å². The highest BCUT2D eigenvalue weighted by atomic mass is 32.1. The molecule has 1 saturated carbocycles. The molecule has 1 aromatic rings. The van der Waals surface area contributed by atoms with E-state index in [1.807, 2.05) is 4.68 Å². The second-order valence-corrected chi connectivity index (χ2v) is 6.19. The van der Waals surface area contributed by atoms with Crippen molar-refractivity contribution in [1.82, 2.24) is 15.1 Å². The predicted molar refractivity (Wildman–Crippen MR) is 72.4 cm³/mol. The van der Waals surface area contributed by atoms with E-state index in [1.165, 1.54) is 17.0 Å². The number of hydrogen-bond donors (Lipinski definition) is 1. The standard InChI is InChI=1S/C13H19N3S/c1-5-14-12(17)16-9-6-8-11(13(8,3)4)10(9)7(2)15-16/h8,11H,5-6H2,1-4H3,(H,14,17). The van der Waals surface area contributed by atoms with Gasteiger partial charge in [0.25, 0.3) is 0 Å². The summed E-state index contributed by atoms with van der Waals surface area (Å²) in [7, 11) is 0. The molecule has 0 spiro atoms. The van der Waals surface area contributed by atoms with Gasteiger partial charge in [0.05, 0.1) is 11.4 Å². The monoisotopic (exact) mass is 249 g/mol. The van der Waals surface area contributed by atoms with Gasteiger partial charge in [0.15, 0.2) is 5.11 Å². The van der Waals surface area contributed by atoms with Crippen molar-refractivity contribution in [1.29, 1.82) is 0 Å². The fourth-order valence-electron chi connectivity index (χ4n) is 3.49. The fourth-order valence-corrected chi connectivity index (χ4v) is 3.78. The van der Waals surface area contributed by atoms with Crippen LogP contribution in [0.3, 0.4) is 0 Å². The van der Waals surface area contributed by atoms with Gasteiger partial charge in [-0.1, -0.05) is 13.8 Å². The Morgan fingerprint density at radius 2 is 2.29 bits per heavy atom. The van der Waals surface area contributed by atoms with Crippen LogP contribution in [0.25, 0.3) is 0 Å². The molecular formula is C13H19N3S. The Labute approximate surface area is 108 Å². The topological polar surface area (TPSA) is 29.9 Å².